The molecule has 0 N–H and O–H groups in total. The van der Waals surface area contributed by atoms with Crippen LogP contribution in [0.25, 0.3) is 115 Å². The van der Waals surface area contributed by atoms with Crippen LogP contribution in [0.15, 0.2) is 182 Å². The largest absolute Gasteiger partial charge is 0.309 e. The fraction of sp³-hybridized carbons (Fsp3) is 0.0364. The number of pyridine rings is 1. The van der Waals surface area contributed by atoms with E-state index in [0.29, 0.717) is 0 Å². The first-order valence-corrected chi connectivity index (χ1v) is 21.2. The quantitative estimate of drug-likeness (QED) is 0.175. The summed E-state index contributed by atoms with van der Waals surface area (Å²) >= 11 is 1.90. The maximum absolute atomic E-state index is 5.56. The third-order valence-corrected chi connectivity index (χ3v) is 13.7. The van der Waals surface area contributed by atoms with Crippen LogP contribution in [0.5, 0.6) is 0 Å². The Bertz CT molecular complexity index is 3510. The molecule has 1 aliphatic carbocycles. The highest BCUT2D eigenvalue weighted by molar-refractivity contribution is 7.26. The molecule has 0 unspecified atom stereocenters. The fourth-order valence-corrected chi connectivity index (χ4v) is 11.2. The number of hydrogen-bond donors (Lipinski definition) is 0. The van der Waals surface area contributed by atoms with Gasteiger partial charge in [0.25, 0.3) is 0 Å². The van der Waals surface area contributed by atoms with E-state index in [1.54, 1.807) is 0 Å². The van der Waals surface area contributed by atoms with Crippen molar-refractivity contribution in [1.82, 2.24) is 14.1 Å². The van der Waals surface area contributed by atoms with Gasteiger partial charge in [-0.3, -0.25) is 0 Å². The van der Waals surface area contributed by atoms with Gasteiger partial charge in [0, 0.05) is 64.0 Å². The van der Waals surface area contributed by atoms with Gasteiger partial charge < -0.3 is 9.13 Å². The lowest BCUT2D eigenvalue weighted by Crippen LogP contribution is -2.00. The highest BCUT2D eigenvalue weighted by Gasteiger charge is 2.21. The molecule has 0 bridgehead atoms. The van der Waals surface area contributed by atoms with Gasteiger partial charge in [0.2, 0.25) is 0 Å². The minimum atomic E-state index is 1.03. The Labute approximate surface area is 344 Å². The van der Waals surface area contributed by atoms with E-state index in [4.69, 9.17) is 4.98 Å². The number of nitrogens with zero attached hydrogens (tertiary/aromatic N) is 3. The van der Waals surface area contributed by atoms with Gasteiger partial charge in [-0.2, -0.15) is 0 Å². The molecule has 0 radical (unpaired) electrons. The van der Waals surface area contributed by atoms with E-state index >= 15 is 0 Å². The van der Waals surface area contributed by atoms with Crippen molar-refractivity contribution >= 4 is 92.1 Å². The molecule has 4 heteroatoms. The van der Waals surface area contributed by atoms with E-state index in [9.17, 15) is 0 Å². The third kappa shape index (κ3) is 4.84. The van der Waals surface area contributed by atoms with Crippen LogP contribution >= 0.6 is 11.3 Å². The van der Waals surface area contributed by atoms with Crippen molar-refractivity contribution in [2.24, 2.45) is 0 Å². The Morgan fingerprint density at radius 3 is 1.64 bits per heavy atom. The lowest BCUT2D eigenvalue weighted by molar-refractivity contribution is 0.990. The van der Waals surface area contributed by atoms with Crippen molar-refractivity contribution in [2.45, 2.75) is 12.8 Å². The van der Waals surface area contributed by atoms with Crippen LogP contribution in [0.2, 0.25) is 0 Å². The summed E-state index contributed by atoms with van der Waals surface area (Å²) in [7, 11) is 0. The first-order chi connectivity index (χ1) is 29.3. The molecule has 0 fully saturated rings. The second kappa shape index (κ2) is 12.6. The summed E-state index contributed by atoms with van der Waals surface area (Å²) in [6.45, 7) is 0. The molecule has 0 saturated carbocycles. The Balaban J connectivity index is 1.09. The van der Waals surface area contributed by atoms with E-state index in [1.807, 2.05) is 11.3 Å². The summed E-state index contributed by atoms with van der Waals surface area (Å²) in [6, 6.07) is 64.7. The smallest absolute Gasteiger partial charge is 0.0803 e. The molecule has 8 aromatic carbocycles. The number of allylic oxidation sites excluding steroid dienone is 1. The van der Waals surface area contributed by atoms with Crippen LogP contribution in [-0.2, 0) is 6.42 Å². The van der Waals surface area contributed by atoms with Crippen molar-refractivity contribution in [3.8, 4) is 33.8 Å². The van der Waals surface area contributed by atoms with Crippen molar-refractivity contribution < 1.29 is 0 Å². The van der Waals surface area contributed by atoms with Crippen LogP contribution < -0.4 is 0 Å². The average molecular weight is 770 g/mol. The zero-order chi connectivity index (χ0) is 38.6. The average Bonchev–Trinajstić information content (AvgIpc) is 3.97. The maximum Gasteiger partial charge on any atom is 0.0803 e. The van der Waals surface area contributed by atoms with Crippen molar-refractivity contribution in [2.75, 3.05) is 0 Å². The number of rotatable bonds is 4. The van der Waals surface area contributed by atoms with Crippen LogP contribution in [-0.4, -0.2) is 14.1 Å². The Morgan fingerprint density at radius 2 is 1.02 bits per heavy atom. The molecule has 0 aliphatic heterocycles. The van der Waals surface area contributed by atoms with E-state index in [2.05, 4.69) is 197 Å². The van der Waals surface area contributed by atoms with Crippen molar-refractivity contribution in [1.29, 1.82) is 0 Å². The SMILES string of the molecule is C1=Cc2c(ccc3nc(-c4cccc(-c5cc(-n6c7ccccc7c7ccccc76)cc(-n6c7ccccc7c7ccccc76)c5)c4)c4c5ccccc5sc4c23)CC1. The predicted molar refractivity (Wildman–Crippen MR) is 252 cm³/mol. The molecular weight excluding hydrogens is 735 g/mol. The molecular formula is C55H35N3S. The zero-order valence-electron chi connectivity index (χ0n) is 32.1. The van der Waals surface area contributed by atoms with Gasteiger partial charge in [-0.05, 0) is 95.8 Å². The second-order valence-electron chi connectivity index (χ2n) is 15.8. The fourth-order valence-electron chi connectivity index (χ4n) is 9.94. The summed E-state index contributed by atoms with van der Waals surface area (Å²) in [5.41, 5.74) is 15.3. The van der Waals surface area contributed by atoms with Crippen molar-refractivity contribution in [3.05, 3.63) is 193 Å². The number of hydrogen-bond acceptors (Lipinski definition) is 2. The van der Waals surface area contributed by atoms with E-state index in [1.165, 1.54) is 80.3 Å². The minimum Gasteiger partial charge on any atom is -0.309 e. The number of fused-ring (bicyclic) bond motifs is 13. The highest BCUT2D eigenvalue weighted by Crippen LogP contribution is 2.46. The number of para-hydroxylation sites is 4. The molecule has 12 aromatic rings. The monoisotopic (exact) mass is 769 g/mol. The van der Waals surface area contributed by atoms with Gasteiger partial charge in [0.05, 0.1) is 33.3 Å². The molecule has 0 amide bonds. The first-order valence-electron chi connectivity index (χ1n) is 20.4. The second-order valence-corrected chi connectivity index (χ2v) is 16.8. The summed E-state index contributed by atoms with van der Waals surface area (Å²) in [6.07, 6.45) is 6.80. The standard InChI is InChI=1S/C55H35N3S/c1-2-17-40-34(14-1)28-29-46-52(40)55-53(45-22-7-12-27-51(45)59-55)54(56-46)36-16-13-15-35(30-36)37-31-38(57-47-23-8-3-18-41(47)42-19-4-9-24-48(42)57)33-39(32-37)58-49-25-10-5-20-43(49)44-21-6-11-26-50(44)58/h2-13,15-33H,1,14H2. The van der Waals surface area contributed by atoms with Crippen molar-refractivity contribution in [3.63, 3.8) is 0 Å². The molecule has 0 atom stereocenters. The minimum absolute atomic E-state index is 1.03. The van der Waals surface area contributed by atoms with E-state index in [-0.39, 0.29) is 0 Å². The third-order valence-electron chi connectivity index (χ3n) is 12.5. The highest BCUT2D eigenvalue weighted by atomic mass is 32.1. The van der Waals surface area contributed by atoms with Crippen LogP contribution in [0.1, 0.15) is 17.5 Å². The van der Waals surface area contributed by atoms with Gasteiger partial charge in [0.1, 0.15) is 0 Å². The Morgan fingerprint density at radius 1 is 0.458 bits per heavy atom. The Hall–Kier alpha value is -7.27. The van der Waals surface area contributed by atoms with Gasteiger partial charge >= 0.3 is 0 Å². The predicted octanol–water partition coefficient (Wildman–Crippen LogP) is 15.1. The van der Waals surface area contributed by atoms with E-state index < -0.39 is 0 Å². The van der Waals surface area contributed by atoms with Gasteiger partial charge in [-0.15, -0.1) is 11.3 Å². The van der Waals surface area contributed by atoms with Crippen LogP contribution in [0, 0.1) is 0 Å². The van der Waals surface area contributed by atoms with Crippen LogP contribution in [0.3, 0.4) is 0 Å². The molecule has 0 spiro atoms. The lowest BCUT2D eigenvalue weighted by Gasteiger charge is -2.17. The van der Waals surface area contributed by atoms with Gasteiger partial charge in [0.15, 0.2) is 0 Å². The molecule has 4 aromatic heterocycles. The summed E-state index contributed by atoms with van der Waals surface area (Å²) < 4.78 is 7.50. The molecule has 1 aliphatic rings. The normalized spacial score (nSPS) is 12.9. The number of aromatic nitrogens is 3. The topological polar surface area (TPSA) is 22.8 Å². The number of thiophene rings is 1. The van der Waals surface area contributed by atoms with E-state index in [0.717, 1.165) is 52.1 Å². The first kappa shape index (κ1) is 32.8. The summed E-state index contributed by atoms with van der Waals surface area (Å²) in [5.74, 6) is 0. The zero-order valence-corrected chi connectivity index (χ0v) is 32.9. The molecule has 13 rings (SSSR count). The summed E-state index contributed by atoms with van der Waals surface area (Å²) in [5, 5.41) is 8.79. The maximum atomic E-state index is 5.56. The number of aryl methyl sites for hydroxylation is 1. The van der Waals surface area contributed by atoms with Crippen LogP contribution in [0.4, 0.5) is 0 Å². The summed E-state index contributed by atoms with van der Waals surface area (Å²) in [4.78, 5) is 5.56. The molecule has 3 nitrogen and oxygen atoms in total. The Kier molecular flexibility index (Phi) is 7.01. The number of benzene rings is 8. The molecule has 0 saturated heterocycles. The molecule has 276 valence electrons. The lowest BCUT2D eigenvalue weighted by atomic mass is 9.92. The molecule has 59 heavy (non-hydrogen) atoms. The van der Waals surface area contributed by atoms with Gasteiger partial charge in [-0.25, -0.2) is 4.98 Å². The molecule has 4 heterocycles. The van der Waals surface area contributed by atoms with Gasteiger partial charge in [-0.1, -0.05) is 127 Å².